The number of ether oxygens (including phenoxy) is 2. The van der Waals surface area contributed by atoms with E-state index in [0.29, 0.717) is 32.1 Å². The van der Waals surface area contributed by atoms with Gasteiger partial charge in [0.25, 0.3) is 0 Å². The fraction of sp³-hybridized carbons (Fsp3) is 0.667. The van der Waals surface area contributed by atoms with Gasteiger partial charge in [-0.15, -0.1) is 0 Å². The van der Waals surface area contributed by atoms with Crippen LogP contribution in [0.1, 0.15) is 6.42 Å². The molecule has 1 heterocycles. The molecular formula is C9H13Cl2N3O4. The maximum atomic E-state index is 10.9. The van der Waals surface area contributed by atoms with Crippen LogP contribution in [0.15, 0.2) is 9.98 Å². The Morgan fingerprint density at radius 3 is 2.78 bits per heavy atom. The number of nitrogens with one attached hydrogen (secondary N) is 1. The summed E-state index contributed by atoms with van der Waals surface area (Å²) in [5, 5.41) is 9.31. The summed E-state index contributed by atoms with van der Waals surface area (Å²) in [6.45, 7) is 1.26. The van der Waals surface area contributed by atoms with Gasteiger partial charge in [0.1, 0.15) is 5.84 Å². The summed E-state index contributed by atoms with van der Waals surface area (Å²) >= 11 is 11.4. The number of amidine groups is 2. The Balaban J connectivity index is 2.51. The summed E-state index contributed by atoms with van der Waals surface area (Å²) < 4.78 is 10.0. The van der Waals surface area contributed by atoms with Crippen LogP contribution in [0.5, 0.6) is 0 Å². The number of nitrogens with zero attached hydrogens (tertiary/aromatic N) is 2. The number of methoxy groups -OCH3 is 1. The number of alkyl halides is 1. The van der Waals surface area contributed by atoms with E-state index >= 15 is 0 Å². The number of aliphatic imine (C=N–C) groups is 2. The van der Waals surface area contributed by atoms with Gasteiger partial charge in [0.2, 0.25) is 5.29 Å². The van der Waals surface area contributed by atoms with E-state index in [1.54, 1.807) is 7.11 Å². The number of hydrogen-bond donors (Lipinski definition) is 2. The molecule has 0 aromatic carbocycles. The Morgan fingerprint density at radius 2 is 2.17 bits per heavy atom. The van der Waals surface area contributed by atoms with Crippen LogP contribution in [-0.4, -0.2) is 54.3 Å². The molecule has 0 radical (unpaired) electrons. The summed E-state index contributed by atoms with van der Waals surface area (Å²) in [5.41, 5.74) is 0. The van der Waals surface area contributed by atoms with Crippen LogP contribution in [0, 0.1) is 0 Å². The number of carboxylic acids is 1. The average molecular weight is 298 g/mol. The summed E-state index contributed by atoms with van der Waals surface area (Å²) in [4.78, 5) is 18.2. The minimum atomic E-state index is -2.09. The molecule has 0 aromatic rings. The highest BCUT2D eigenvalue weighted by atomic mass is 35.5. The molecule has 0 saturated heterocycles. The lowest BCUT2D eigenvalue weighted by atomic mass is 10.3. The van der Waals surface area contributed by atoms with Crippen molar-refractivity contribution in [2.24, 2.45) is 9.98 Å². The molecule has 1 aliphatic rings. The second-order valence-corrected chi connectivity index (χ2v) is 4.22. The first-order chi connectivity index (χ1) is 8.48. The van der Waals surface area contributed by atoms with E-state index in [2.05, 4.69) is 15.3 Å². The lowest BCUT2D eigenvalue weighted by Crippen LogP contribution is -2.41. The van der Waals surface area contributed by atoms with Crippen molar-refractivity contribution in [3.05, 3.63) is 0 Å². The molecule has 2 N–H and O–H groups in total. The van der Waals surface area contributed by atoms with E-state index in [4.69, 9.17) is 37.8 Å². The standard InChI is InChI=1S/C9H13Cl2N3O4/c1-17-4-5-18-3-2-6-12-8(10)14-9(11,13-6)7(15)16/h2-5H2,1H3,(H,15,16)(H,12,13,14). The quantitative estimate of drug-likeness (QED) is 0.408. The Morgan fingerprint density at radius 1 is 1.44 bits per heavy atom. The first-order valence-corrected chi connectivity index (χ1v) is 5.83. The number of carboxylic acid groups (broad SMARTS) is 1. The molecule has 0 saturated carbocycles. The van der Waals surface area contributed by atoms with Gasteiger partial charge in [0, 0.05) is 13.5 Å². The first kappa shape index (κ1) is 15.2. The average Bonchev–Trinajstić information content (AvgIpc) is 2.27. The van der Waals surface area contributed by atoms with E-state index in [1.807, 2.05) is 0 Å². The number of hydrogen-bond acceptors (Lipinski definition) is 6. The van der Waals surface area contributed by atoms with Gasteiger partial charge < -0.3 is 19.9 Å². The van der Waals surface area contributed by atoms with Gasteiger partial charge >= 0.3 is 11.1 Å². The van der Waals surface area contributed by atoms with Crippen molar-refractivity contribution in [3.8, 4) is 0 Å². The molecule has 0 bridgehead atoms. The SMILES string of the molecule is COCCOCCC1=NC(Cl)(C(=O)O)N=C(Cl)N1. The van der Waals surface area contributed by atoms with E-state index in [1.165, 1.54) is 0 Å². The second-order valence-electron chi connectivity index (χ2n) is 3.33. The smallest absolute Gasteiger partial charge is 0.371 e. The van der Waals surface area contributed by atoms with Crippen LogP contribution in [0.25, 0.3) is 0 Å². The lowest BCUT2D eigenvalue weighted by molar-refractivity contribution is -0.139. The van der Waals surface area contributed by atoms with Gasteiger partial charge in [-0.05, 0) is 11.6 Å². The maximum Gasteiger partial charge on any atom is 0.371 e. The van der Waals surface area contributed by atoms with Gasteiger partial charge in [-0.1, -0.05) is 11.6 Å². The number of rotatable bonds is 7. The van der Waals surface area contributed by atoms with Gasteiger partial charge in [-0.2, -0.15) is 0 Å². The zero-order valence-electron chi connectivity index (χ0n) is 9.65. The monoisotopic (exact) mass is 297 g/mol. The number of carbonyl (C=O) groups is 1. The molecule has 7 nitrogen and oxygen atoms in total. The Bertz CT molecular complexity index is 375. The van der Waals surface area contributed by atoms with Crippen LogP contribution in [0.4, 0.5) is 0 Å². The summed E-state index contributed by atoms with van der Waals surface area (Å²) in [6.07, 6.45) is 0.344. The molecule has 9 heteroatoms. The number of aliphatic carboxylic acids is 1. The molecule has 102 valence electrons. The third-order valence-electron chi connectivity index (χ3n) is 1.96. The van der Waals surface area contributed by atoms with E-state index in [-0.39, 0.29) is 5.29 Å². The van der Waals surface area contributed by atoms with Crippen LogP contribution in [-0.2, 0) is 14.3 Å². The van der Waals surface area contributed by atoms with Crippen molar-refractivity contribution < 1.29 is 19.4 Å². The number of halogens is 2. The fourth-order valence-corrected chi connectivity index (χ4v) is 1.60. The van der Waals surface area contributed by atoms with Crippen LogP contribution in [0.2, 0.25) is 0 Å². The zero-order valence-corrected chi connectivity index (χ0v) is 11.2. The second kappa shape index (κ2) is 6.89. The minimum absolute atomic E-state index is 0.116. The molecule has 0 fully saturated rings. The van der Waals surface area contributed by atoms with Crippen molar-refractivity contribution in [1.29, 1.82) is 0 Å². The summed E-state index contributed by atoms with van der Waals surface area (Å²) in [7, 11) is 1.57. The predicted molar refractivity (Wildman–Crippen MR) is 67.4 cm³/mol. The van der Waals surface area contributed by atoms with Crippen LogP contribution >= 0.6 is 23.2 Å². The van der Waals surface area contributed by atoms with E-state index in [9.17, 15) is 4.79 Å². The van der Waals surface area contributed by atoms with Gasteiger partial charge in [0.05, 0.1) is 19.8 Å². The molecular weight excluding hydrogens is 285 g/mol. The third-order valence-corrected chi connectivity index (χ3v) is 2.47. The Hall–Kier alpha value is -0.890. The van der Waals surface area contributed by atoms with Crippen molar-refractivity contribution >= 4 is 40.3 Å². The molecule has 0 aliphatic carbocycles. The Labute approximate surface area is 114 Å². The van der Waals surface area contributed by atoms with Gasteiger partial charge in [0.15, 0.2) is 0 Å². The molecule has 1 aliphatic heterocycles. The molecule has 0 spiro atoms. The van der Waals surface area contributed by atoms with E-state index < -0.39 is 11.1 Å². The largest absolute Gasteiger partial charge is 0.477 e. The summed E-state index contributed by atoms with van der Waals surface area (Å²) in [5.74, 6) is -1.08. The predicted octanol–water partition coefficient (Wildman–Crippen LogP) is 0.613. The highest BCUT2D eigenvalue weighted by Crippen LogP contribution is 2.23. The van der Waals surface area contributed by atoms with Crippen molar-refractivity contribution in [3.63, 3.8) is 0 Å². The van der Waals surface area contributed by atoms with E-state index in [0.717, 1.165) is 0 Å². The zero-order chi connectivity index (χ0) is 13.6. The normalized spacial score (nSPS) is 23.1. The molecule has 1 unspecified atom stereocenters. The van der Waals surface area contributed by atoms with Crippen molar-refractivity contribution in [1.82, 2.24) is 5.32 Å². The molecule has 1 atom stereocenters. The highest BCUT2D eigenvalue weighted by Gasteiger charge is 2.39. The highest BCUT2D eigenvalue weighted by molar-refractivity contribution is 6.66. The Kier molecular flexibility index (Phi) is 5.80. The van der Waals surface area contributed by atoms with Crippen molar-refractivity contribution in [2.75, 3.05) is 26.9 Å². The maximum absolute atomic E-state index is 10.9. The first-order valence-electron chi connectivity index (χ1n) is 5.08. The van der Waals surface area contributed by atoms with Gasteiger partial charge in [-0.25, -0.2) is 14.8 Å². The lowest BCUT2D eigenvalue weighted by Gasteiger charge is -2.21. The molecule has 0 aromatic heterocycles. The van der Waals surface area contributed by atoms with Gasteiger partial charge in [-0.3, -0.25) is 0 Å². The van der Waals surface area contributed by atoms with Crippen LogP contribution in [0.3, 0.4) is 0 Å². The molecule has 1 rings (SSSR count). The fourth-order valence-electron chi connectivity index (χ4n) is 1.14. The third kappa shape index (κ3) is 4.41. The topological polar surface area (TPSA) is 92.5 Å². The molecule has 18 heavy (non-hydrogen) atoms. The summed E-state index contributed by atoms with van der Waals surface area (Å²) in [6, 6.07) is 0. The van der Waals surface area contributed by atoms with Crippen molar-refractivity contribution in [2.45, 2.75) is 11.5 Å². The van der Waals surface area contributed by atoms with Crippen LogP contribution < -0.4 is 5.32 Å². The minimum Gasteiger partial charge on any atom is -0.477 e. The molecule has 0 amide bonds.